The number of nitrogens with zero attached hydrogens (tertiary/aromatic N) is 1. The number of nitrogens with one attached hydrogen (secondary N) is 1. The average molecular weight is 546 g/mol. The van der Waals surface area contributed by atoms with E-state index in [1.165, 1.54) is 0 Å². The van der Waals surface area contributed by atoms with Crippen molar-refractivity contribution < 1.29 is 9.59 Å². The van der Waals surface area contributed by atoms with Crippen LogP contribution in [0.15, 0.2) is 72.8 Å². The first-order valence-electron chi connectivity index (χ1n) is 12.2. The molecule has 0 radical (unpaired) electrons. The topological polar surface area (TPSA) is 49.4 Å². The SMILES string of the molecule is CCCCNC(=O)C(Cc1ccccc1)N(Cc1ccc(Cl)cc1Cl)C(=O)CCc1ccccc1Cl. The fourth-order valence-electron chi connectivity index (χ4n) is 3.98. The van der Waals surface area contributed by atoms with E-state index in [0.717, 1.165) is 29.5 Å². The lowest BCUT2D eigenvalue weighted by Crippen LogP contribution is -2.50. The zero-order valence-electron chi connectivity index (χ0n) is 20.4. The molecule has 0 saturated carbocycles. The first-order valence-corrected chi connectivity index (χ1v) is 13.3. The second-order valence-corrected chi connectivity index (χ2v) is 9.95. The molecule has 0 aliphatic rings. The number of amides is 2. The van der Waals surface area contributed by atoms with Gasteiger partial charge in [0.15, 0.2) is 0 Å². The summed E-state index contributed by atoms with van der Waals surface area (Å²) in [6.45, 7) is 2.82. The molecule has 0 aliphatic carbocycles. The summed E-state index contributed by atoms with van der Waals surface area (Å²) in [4.78, 5) is 28.8. The van der Waals surface area contributed by atoms with Crippen molar-refractivity contribution in [3.8, 4) is 0 Å². The van der Waals surface area contributed by atoms with Crippen LogP contribution in [0.3, 0.4) is 0 Å². The summed E-state index contributed by atoms with van der Waals surface area (Å²) >= 11 is 18.9. The Hall–Kier alpha value is -2.53. The summed E-state index contributed by atoms with van der Waals surface area (Å²) in [6.07, 6.45) is 2.90. The molecule has 190 valence electrons. The fraction of sp³-hybridized carbons (Fsp3) is 0.310. The predicted molar refractivity (Wildman–Crippen MR) is 149 cm³/mol. The molecule has 3 rings (SSSR count). The summed E-state index contributed by atoms with van der Waals surface area (Å²) < 4.78 is 0. The van der Waals surface area contributed by atoms with E-state index in [4.69, 9.17) is 34.8 Å². The van der Waals surface area contributed by atoms with Crippen LogP contribution in [0, 0.1) is 0 Å². The standard InChI is InChI=1S/C29H31Cl3N2O2/c1-2-3-17-33-29(36)27(18-21-9-5-4-6-10-21)34(20-23-13-15-24(30)19-26(23)32)28(35)16-14-22-11-7-8-12-25(22)31/h4-13,15,19,27H,2-3,14,16-18,20H2,1H3,(H,33,36). The van der Waals surface area contributed by atoms with Gasteiger partial charge in [0.2, 0.25) is 11.8 Å². The second-order valence-electron chi connectivity index (χ2n) is 8.70. The molecule has 3 aromatic rings. The molecule has 36 heavy (non-hydrogen) atoms. The van der Waals surface area contributed by atoms with E-state index < -0.39 is 6.04 Å². The molecule has 1 atom stereocenters. The average Bonchev–Trinajstić information content (AvgIpc) is 2.87. The zero-order chi connectivity index (χ0) is 25.9. The van der Waals surface area contributed by atoms with Crippen molar-refractivity contribution >= 4 is 46.6 Å². The molecular weight excluding hydrogens is 515 g/mol. The summed E-state index contributed by atoms with van der Waals surface area (Å²) in [5, 5.41) is 4.61. The van der Waals surface area contributed by atoms with Crippen LogP contribution in [0.5, 0.6) is 0 Å². The van der Waals surface area contributed by atoms with Gasteiger partial charge in [0, 0.05) is 41.0 Å². The van der Waals surface area contributed by atoms with Crippen molar-refractivity contribution in [2.75, 3.05) is 6.54 Å². The lowest BCUT2D eigenvalue weighted by molar-refractivity contribution is -0.141. The first kappa shape index (κ1) is 28.0. The molecule has 3 aromatic carbocycles. The third-order valence-electron chi connectivity index (χ3n) is 6.02. The number of carbonyl (C=O) groups is 2. The fourth-order valence-corrected chi connectivity index (χ4v) is 4.68. The number of rotatable bonds is 12. The summed E-state index contributed by atoms with van der Waals surface area (Å²) in [6, 6.07) is 21.7. The van der Waals surface area contributed by atoms with Crippen LogP contribution < -0.4 is 5.32 Å². The summed E-state index contributed by atoms with van der Waals surface area (Å²) in [5.74, 6) is -0.323. The number of benzene rings is 3. The molecule has 1 unspecified atom stereocenters. The van der Waals surface area contributed by atoms with Crippen molar-refractivity contribution in [1.82, 2.24) is 10.2 Å². The molecule has 2 amide bonds. The summed E-state index contributed by atoms with van der Waals surface area (Å²) in [5.41, 5.74) is 2.59. The van der Waals surface area contributed by atoms with Crippen LogP contribution in [0.1, 0.15) is 42.9 Å². The second kappa shape index (κ2) is 14.3. The molecule has 0 heterocycles. The molecule has 0 bridgehead atoms. The number of hydrogen-bond donors (Lipinski definition) is 1. The Kier molecular flexibility index (Phi) is 11.1. The molecule has 0 spiro atoms. The van der Waals surface area contributed by atoms with Gasteiger partial charge in [-0.15, -0.1) is 0 Å². The largest absolute Gasteiger partial charge is 0.354 e. The highest BCUT2D eigenvalue weighted by Gasteiger charge is 2.30. The molecule has 1 N–H and O–H groups in total. The van der Waals surface area contributed by atoms with Gasteiger partial charge in [-0.2, -0.15) is 0 Å². The maximum absolute atomic E-state index is 13.7. The highest BCUT2D eigenvalue weighted by atomic mass is 35.5. The van der Waals surface area contributed by atoms with Gasteiger partial charge in [-0.1, -0.05) is 103 Å². The van der Waals surface area contributed by atoms with Crippen LogP contribution in [0.4, 0.5) is 0 Å². The normalized spacial score (nSPS) is 11.7. The minimum absolute atomic E-state index is 0.146. The van der Waals surface area contributed by atoms with E-state index in [0.29, 0.717) is 34.5 Å². The minimum atomic E-state index is -0.699. The Morgan fingerprint density at radius 2 is 1.61 bits per heavy atom. The van der Waals surface area contributed by atoms with E-state index in [2.05, 4.69) is 12.2 Å². The van der Waals surface area contributed by atoms with Gasteiger partial charge in [-0.25, -0.2) is 0 Å². The molecule has 4 nitrogen and oxygen atoms in total. The molecular formula is C29H31Cl3N2O2. The van der Waals surface area contributed by atoms with Crippen LogP contribution in [-0.4, -0.2) is 29.3 Å². The lowest BCUT2D eigenvalue weighted by Gasteiger charge is -2.32. The number of aryl methyl sites for hydroxylation is 1. The van der Waals surface area contributed by atoms with Crippen LogP contribution in [0.2, 0.25) is 15.1 Å². The van der Waals surface area contributed by atoms with Gasteiger partial charge in [0.25, 0.3) is 0 Å². The highest BCUT2D eigenvalue weighted by molar-refractivity contribution is 6.35. The maximum atomic E-state index is 13.7. The molecule has 0 saturated heterocycles. The van der Waals surface area contributed by atoms with Gasteiger partial charge in [-0.05, 0) is 47.7 Å². The van der Waals surface area contributed by atoms with Crippen LogP contribution in [0.25, 0.3) is 0 Å². The Balaban J connectivity index is 1.92. The number of unbranched alkanes of at least 4 members (excludes halogenated alkanes) is 1. The first-order chi connectivity index (χ1) is 17.4. The van der Waals surface area contributed by atoms with E-state index >= 15 is 0 Å². The van der Waals surface area contributed by atoms with Gasteiger partial charge in [0.1, 0.15) is 6.04 Å². The third kappa shape index (κ3) is 8.26. The van der Waals surface area contributed by atoms with Gasteiger partial charge in [-0.3, -0.25) is 9.59 Å². The molecule has 0 aliphatic heterocycles. The van der Waals surface area contributed by atoms with E-state index in [-0.39, 0.29) is 24.8 Å². The minimum Gasteiger partial charge on any atom is -0.354 e. The molecule has 0 fully saturated rings. The Labute approximate surface area is 228 Å². The quantitative estimate of drug-likeness (QED) is 0.246. The van der Waals surface area contributed by atoms with Crippen molar-refractivity contribution in [2.45, 2.75) is 51.6 Å². The Morgan fingerprint density at radius 3 is 2.31 bits per heavy atom. The van der Waals surface area contributed by atoms with Gasteiger partial charge in [0.05, 0.1) is 0 Å². The Bertz CT molecular complexity index is 1150. The lowest BCUT2D eigenvalue weighted by atomic mass is 10.0. The van der Waals surface area contributed by atoms with Gasteiger partial charge < -0.3 is 10.2 Å². The van der Waals surface area contributed by atoms with Crippen LogP contribution >= 0.6 is 34.8 Å². The van der Waals surface area contributed by atoms with Crippen molar-refractivity contribution in [1.29, 1.82) is 0 Å². The monoisotopic (exact) mass is 544 g/mol. The summed E-state index contributed by atoms with van der Waals surface area (Å²) in [7, 11) is 0. The van der Waals surface area contributed by atoms with Crippen LogP contribution in [-0.2, 0) is 29.0 Å². The Morgan fingerprint density at radius 1 is 0.889 bits per heavy atom. The number of carbonyl (C=O) groups excluding carboxylic acids is 2. The van der Waals surface area contributed by atoms with Crippen molar-refractivity contribution in [2.24, 2.45) is 0 Å². The zero-order valence-corrected chi connectivity index (χ0v) is 22.6. The predicted octanol–water partition coefficient (Wildman–Crippen LogP) is 7.14. The van der Waals surface area contributed by atoms with Crippen molar-refractivity contribution in [3.05, 3.63) is 105 Å². The third-order valence-corrected chi connectivity index (χ3v) is 6.98. The van der Waals surface area contributed by atoms with Crippen molar-refractivity contribution in [3.63, 3.8) is 0 Å². The van der Waals surface area contributed by atoms with E-state index in [1.807, 2.05) is 54.6 Å². The highest BCUT2D eigenvalue weighted by Crippen LogP contribution is 2.25. The smallest absolute Gasteiger partial charge is 0.243 e. The molecule has 7 heteroatoms. The molecule has 0 aromatic heterocycles. The van der Waals surface area contributed by atoms with E-state index in [9.17, 15) is 9.59 Å². The maximum Gasteiger partial charge on any atom is 0.243 e. The van der Waals surface area contributed by atoms with E-state index in [1.54, 1.807) is 23.1 Å². The number of halogens is 3. The number of hydrogen-bond acceptors (Lipinski definition) is 2. The van der Waals surface area contributed by atoms with Gasteiger partial charge >= 0.3 is 0 Å².